The van der Waals surface area contributed by atoms with Crippen molar-refractivity contribution in [2.75, 3.05) is 13.7 Å². The number of rotatable bonds is 12. The molecular formula is C21H36O4. The van der Waals surface area contributed by atoms with Crippen LogP contribution in [0.4, 0.5) is 0 Å². The van der Waals surface area contributed by atoms with Gasteiger partial charge < -0.3 is 14.9 Å². The van der Waals surface area contributed by atoms with Gasteiger partial charge in [-0.15, -0.1) is 0 Å². The summed E-state index contributed by atoms with van der Waals surface area (Å²) in [5.41, 5.74) is -0.291. The van der Waals surface area contributed by atoms with Gasteiger partial charge in [-0.05, 0) is 44.9 Å². The van der Waals surface area contributed by atoms with Gasteiger partial charge in [-0.2, -0.15) is 0 Å². The minimum Gasteiger partial charge on any atom is -0.466 e. The summed E-state index contributed by atoms with van der Waals surface area (Å²) in [7, 11) is 1.41. The Balaban J connectivity index is 2.69. The SMILES string of the molecule is CCCCC=C(C(=O)OC)C1CCC[C@]1(O)C=CCCCCCCO. The summed E-state index contributed by atoms with van der Waals surface area (Å²) < 4.78 is 4.97. The molecule has 0 saturated heterocycles. The fraction of sp³-hybridized carbons (Fsp3) is 0.762. The van der Waals surface area contributed by atoms with E-state index in [1.54, 1.807) is 0 Å². The third-order valence-corrected chi connectivity index (χ3v) is 5.08. The molecule has 0 aromatic rings. The highest BCUT2D eigenvalue weighted by Gasteiger charge is 2.43. The first-order chi connectivity index (χ1) is 12.1. The molecule has 1 aliphatic carbocycles. The van der Waals surface area contributed by atoms with E-state index in [9.17, 15) is 9.90 Å². The Morgan fingerprint density at radius 1 is 1.20 bits per heavy atom. The van der Waals surface area contributed by atoms with E-state index in [2.05, 4.69) is 13.0 Å². The summed E-state index contributed by atoms with van der Waals surface area (Å²) in [6.07, 6.45) is 16.3. The van der Waals surface area contributed by atoms with E-state index >= 15 is 0 Å². The third-order valence-electron chi connectivity index (χ3n) is 5.08. The number of hydrogen-bond donors (Lipinski definition) is 2. The van der Waals surface area contributed by atoms with E-state index < -0.39 is 5.60 Å². The van der Waals surface area contributed by atoms with Gasteiger partial charge in [0, 0.05) is 18.1 Å². The van der Waals surface area contributed by atoms with E-state index in [-0.39, 0.29) is 18.5 Å². The molecule has 1 rings (SSSR count). The van der Waals surface area contributed by atoms with Crippen molar-refractivity contribution in [1.29, 1.82) is 0 Å². The lowest BCUT2D eigenvalue weighted by Gasteiger charge is -2.28. The minimum absolute atomic E-state index is 0.164. The molecule has 1 fully saturated rings. The highest BCUT2D eigenvalue weighted by Crippen LogP contribution is 2.42. The number of carbonyl (C=O) groups excluding carboxylic acids is 1. The molecule has 0 aromatic carbocycles. The molecule has 25 heavy (non-hydrogen) atoms. The molecule has 4 heteroatoms. The van der Waals surface area contributed by atoms with Crippen molar-refractivity contribution in [3.63, 3.8) is 0 Å². The smallest absolute Gasteiger partial charge is 0.333 e. The first-order valence-electron chi connectivity index (χ1n) is 9.88. The van der Waals surface area contributed by atoms with E-state index in [1.807, 2.05) is 12.2 Å². The fourth-order valence-corrected chi connectivity index (χ4v) is 3.60. The van der Waals surface area contributed by atoms with E-state index in [1.165, 1.54) is 7.11 Å². The number of allylic oxidation sites excluding steroid dienone is 2. The van der Waals surface area contributed by atoms with Gasteiger partial charge in [-0.3, -0.25) is 0 Å². The Morgan fingerprint density at radius 2 is 1.96 bits per heavy atom. The maximum Gasteiger partial charge on any atom is 0.333 e. The Bertz CT molecular complexity index is 441. The lowest BCUT2D eigenvalue weighted by Crippen LogP contribution is -2.34. The molecule has 144 valence electrons. The van der Waals surface area contributed by atoms with Gasteiger partial charge in [-0.1, -0.05) is 50.8 Å². The van der Waals surface area contributed by atoms with Gasteiger partial charge in [-0.25, -0.2) is 4.79 Å². The van der Waals surface area contributed by atoms with Crippen molar-refractivity contribution in [3.8, 4) is 0 Å². The molecule has 2 N–H and O–H groups in total. The lowest BCUT2D eigenvalue weighted by molar-refractivity contribution is -0.137. The summed E-state index contributed by atoms with van der Waals surface area (Å²) in [6, 6.07) is 0. The second-order valence-electron chi connectivity index (χ2n) is 7.06. The second kappa shape index (κ2) is 12.3. The van der Waals surface area contributed by atoms with E-state index in [4.69, 9.17) is 9.84 Å². The molecule has 0 aliphatic heterocycles. The van der Waals surface area contributed by atoms with Gasteiger partial charge in [0.05, 0.1) is 12.7 Å². The average Bonchev–Trinajstić information content (AvgIpc) is 2.99. The number of carbonyl (C=O) groups is 1. The summed E-state index contributed by atoms with van der Waals surface area (Å²) >= 11 is 0. The van der Waals surface area contributed by atoms with Crippen LogP contribution in [0.25, 0.3) is 0 Å². The van der Waals surface area contributed by atoms with Crippen LogP contribution < -0.4 is 0 Å². The van der Waals surface area contributed by atoms with Crippen LogP contribution in [-0.4, -0.2) is 35.5 Å². The van der Waals surface area contributed by atoms with Gasteiger partial charge in [0.15, 0.2) is 0 Å². The Morgan fingerprint density at radius 3 is 2.64 bits per heavy atom. The van der Waals surface area contributed by atoms with Crippen molar-refractivity contribution >= 4 is 5.97 Å². The van der Waals surface area contributed by atoms with Gasteiger partial charge in [0.25, 0.3) is 0 Å². The molecule has 2 atom stereocenters. The van der Waals surface area contributed by atoms with Crippen molar-refractivity contribution in [2.45, 2.75) is 83.2 Å². The average molecular weight is 353 g/mol. The number of hydrogen-bond acceptors (Lipinski definition) is 4. The maximum atomic E-state index is 12.2. The molecule has 0 amide bonds. The van der Waals surface area contributed by atoms with Crippen LogP contribution in [0.15, 0.2) is 23.8 Å². The van der Waals surface area contributed by atoms with E-state index in [0.717, 1.165) is 64.2 Å². The number of ether oxygens (including phenoxy) is 1. The third kappa shape index (κ3) is 7.33. The summed E-state index contributed by atoms with van der Waals surface area (Å²) in [5, 5.41) is 19.9. The second-order valence-corrected chi connectivity index (χ2v) is 7.06. The highest BCUT2D eigenvalue weighted by molar-refractivity contribution is 5.89. The molecule has 1 unspecified atom stereocenters. The minimum atomic E-state index is -0.933. The molecule has 4 nitrogen and oxygen atoms in total. The van der Waals surface area contributed by atoms with Gasteiger partial charge in [0.2, 0.25) is 0 Å². The predicted molar refractivity (Wildman–Crippen MR) is 101 cm³/mol. The van der Waals surface area contributed by atoms with Gasteiger partial charge in [0.1, 0.15) is 0 Å². The monoisotopic (exact) mass is 352 g/mol. The maximum absolute atomic E-state index is 12.2. The van der Waals surface area contributed by atoms with Gasteiger partial charge >= 0.3 is 5.97 Å². The Hall–Kier alpha value is -1.13. The van der Waals surface area contributed by atoms with Crippen LogP contribution in [0, 0.1) is 5.92 Å². The van der Waals surface area contributed by atoms with Crippen LogP contribution in [0.3, 0.4) is 0 Å². The van der Waals surface area contributed by atoms with Crippen molar-refractivity contribution in [3.05, 3.63) is 23.8 Å². The zero-order valence-electron chi connectivity index (χ0n) is 16.0. The summed E-state index contributed by atoms with van der Waals surface area (Å²) in [4.78, 5) is 12.2. The first kappa shape index (κ1) is 21.9. The van der Waals surface area contributed by atoms with Crippen molar-refractivity contribution in [1.82, 2.24) is 0 Å². The molecule has 1 aliphatic rings. The number of unbranched alkanes of at least 4 members (excludes halogenated alkanes) is 6. The lowest BCUT2D eigenvalue weighted by atomic mass is 9.83. The van der Waals surface area contributed by atoms with Crippen LogP contribution in [0.5, 0.6) is 0 Å². The zero-order chi connectivity index (χ0) is 18.5. The highest BCUT2D eigenvalue weighted by atomic mass is 16.5. The Kier molecular flexibility index (Phi) is 10.7. The topological polar surface area (TPSA) is 66.8 Å². The molecular weight excluding hydrogens is 316 g/mol. The first-order valence-corrected chi connectivity index (χ1v) is 9.88. The van der Waals surface area contributed by atoms with E-state index in [0.29, 0.717) is 12.0 Å². The molecule has 0 aromatic heterocycles. The largest absolute Gasteiger partial charge is 0.466 e. The van der Waals surface area contributed by atoms with Crippen LogP contribution in [0.2, 0.25) is 0 Å². The number of methoxy groups -OCH3 is 1. The molecule has 0 heterocycles. The van der Waals surface area contributed by atoms with Crippen molar-refractivity contribution in [2.24, 2.45) is 5.92 Å². The molecule has 0 bridgehead atoms. The predicted octanol–water partition coefficient (Wildman–Crippen LogP) is 4.31. The quantitative estimate of drug-likeness (QED) is 0.238. The number of aliphatic hydroxyl groups excluding tert-OH is 1. The summed E-state index contributed by atoms with van der Waals surface area (Å²) in [6.45, 7) is 2.39. The fourth-order valence-electron chi connectivity index (χ4n) is 3.60. The number of aliphatic hydroxyl groups is 2. The summed E-state index contributed by atoms with van der Waals surface area (Å²) in [5.74, 6) is -0.471. The number of esters is 1. The Labute approximate surface area is 153 Å². The normalized spacial score (nSPS) is 24.2. The van der Waals surface area contributed by atoms with Crippen LogP contribution >= 0.6 is 0 Å². The van der Waals surface area contributed by atoms with Crippen LogP contribution in [0.1, 0.15) is 77.6 Å². The zero-order valence-corrected chi connectivity index (χ0v) is 16.0. The molecule has 0 radical (unpaired) electrons. The standard InChI is InChI=1S/C21H36O4/c1-3-4-9-13-18(20(23)25-2)19-14-12-16-21(19,24)15-10-7-5-6-8-11-17-22/h10,13,15,19,22,24H,3-9,11-12,14,16-17H2,1-2H3/t19?,21-/m1/s1. The van der Waals surface area contributed by atoms with Crippen LogP contribution in [-0.2, 0) is 9.53 Å². The van der Waals surface area contributed by atoms with Crippen molar-refractivity contribution < 1.29 is 19.7 Å². The molecule has 1 saturated carbocycles. The molecule has 0 spiro atoms.